The van der Waals surface area contributed by atoms with Gasteiger partial charge in [-0.3, -0.25) is 4.79 Å². The first-order valence-electron chi connectivity index (χ1n) is 14.4. The van der Waals surface area contributed by atoms with Crippen molar-refractivity contribution in [2.24, 2.45) is 5.73 Å². The number of anilines is 2. The van der Waals surface area contributed by atoms with Crippen molar-refractivity contribution >= 4 is 17.5 Å². The highest BCUT2D eigenvalue weighted by Gasteiger charge is 2.35. The Kier molecular flexibility index (Phi) is 8.86. The number of halogens is 4. The van der Waals surface area contributed by atoms with Gasteiger partial charge in [0.1, 0.15) is 29.6 Å². The number of alkyl halides is 3. The molecular weight excluding hydrogens is 576 g/mol. The van der Waals surface area contributed by atoms with Crippen LogP contribution in [0.3, 0.4) is 0 Å². The summed E-state index contributed by atoms with van der Waals surface area (Å²) in [6, 6.07) is 10.1. The van der Waals surface area contributed by atoms with Gasteiger partial charge in [-0.05, 0) is 37.1 Å². The summed E-state index contributed by atoms with van der Waals surface area (Å²) in [5.74, 6) is -0.349. The van der Waals surface area contributed by atoms with Gasteiger partial charge in [0.2, 0.25) is 5.91 Å². The lowest BCUT2D eigenvalue weighted by Gasteiger charge is -2.34. The first kappa shape index (κ1) is 30.9. The van der Waals surface area contributed by atoms with Gasteiger partial charge < -0.3 is 26.3 Å². The van der Waals surface area contributed by atoms with E-state index in [-0.39, 0.29) is 23.3 Å². The second kappa shape index (κ2) is 12.6. The molecule has 0 spiro atoms. The lowest BCUT2D eigenvalue weighted by atomic mass is 9.94. The summed E-state index contributed by atoms with van der Waals surface area (Å²) in [5.41, 5.74) is 12.5. The van der Waals surface area contributed by atoms with E-state index in [1.807, 2.05) is 18.4 Å². The number of nitrogens with one attached hydrogen (secondary N) is 1. The molecule has 232 valence electrons. The van der Waals surface area contributed by atoms with E-state index in [0.29, 0.717) is 67.2 Å². The number of piperidine rings is 1. The molecule has 9 nitrogen and oxygen atoms in total. The van der Waals surface area contributed by atoms with E-state index in [2.05, 4.69) is 20.2 Å². The lowest BCUT2D eigenvalue weighted by molar-refractivity contribution is -0.139. The molecule has 2 aromatic carbocycles. The van der Waals surface area contributed by atoms with Crippen LogP contribution in [0.25, 0.3) is 22.4 Å². The SMILES string of the molecule is CC(C)NCCn1cc(-c2ccc(F)c(C(F)(F)F)c2)nc1C1CCN(c2ncnc(N)c2-c2ccccc2C(N)=O)CC1. The largest absolute Gasteiger partial charge is 0.419 e. The second-order valence-corrected chi connectivity index (χ2v) is 11.1. The molecule has 0 saturated carbocycles. The number of hydrogen-bond acceptors (Lipinski definition) is 7. The molecule has 1 aliphatic heterocycles. The van der Waals surface area contributed by atoms with Gasteiger partial charge in [-0.1, -0.05) is 32.0 Å². The molecule has 1 saturated heterocycles. The van der Waals surface area contributed by atoms with Crippen molar-refractivity contribution in [3.8, 4) is 22.4 Å². The standard InChI is InChI=1S/C31H34F4N8O/c1-18(2)38-11-14-43-16-25(20-7-8-24(32)23(15-20)31(33,34)35)41-29(43)19-9-12-42(13-10-19)30-26(27(36)39-17-40-30)21-5-3-4-6-22(21)28(37)44/h3-8,15-19,38H,9-14H2,1-2H3,(H2,37,44)(H2,36,39,40). The lowest BCUT2D eigenvalue weighted by Crippen LogP contribution is -2.35. The minimum Gasteiger partial charge on any atom is -0.383 e. The summed E-state index contributed by atoms with van der Waals surface area (Å²) in [5, 5.41) is 3.36. The normalized spacial score (nSPS) is 14.4. The number of hydrogen-bond donors (Lipinski definition) is 3. The van der Waals surface area contributed by atoms with Crippen LogP contribution < -0.4 is 21.7 Å². The number of imidazole rings is 1. The van der Waals surface area contributed by atoms with Gasteiger partial charge in [0.05, 0.1) is 16.8 Å². The van der Waals surface area contributed by atoms with Crippen LogP contribution in [0.5, 0.6) is 0 Å². The zero-order chi connectivity index (χ0) is 31.6. The first-order valence-corrected chi connectivity index (χ1v) is 14.4. The highest BCUT2D eigenvalue weighted by Crippen LogP contribution is 2.39. The van der Waals surface area contributed by atoms with Gasteiger partial charge in [-0.25, -0.2) is 19.3 Å². The topological polar surface area (TPSA) is 128 Å². The Bertz CT molecular complexity index is 1640. The van der Waals surface area contributed by atoms with Gasteiger partial charge in [0.25, 0.3) is 0 Å². The van der Waals surface area contributed by atoms with E-state index >= 15 is 0 Å². The van der Waals surface area contributed by atoms with Crippen molar-refractivity contribution in [2.45, 2.75) is 51.4 Å². The Morgan fingerprint density at radius 1 is 1.11 bits per heavy atom. The molecule has 0 aliphatic carbocycles. The molecule has 0 radical (unpaired) electrons. The molecule has 4 aromatic rings. The molecule has 44 heavy (non-hydrogen) atoms. The van der Waals surface area contributed by atoms with Crippen LogP contribution in [-0.2, 0) is 12.7 Å². The molecule has 0 bridgehead atoms. The van der Waals surface area contributed by atoms with Crippen LogP contribution in [0.4, 0.5) is 29.2 Å². The summed E-state index contributed by atoms with van der Waals surface area (Å²) in [6.45, 7) is 6.42. The Hall–Kier alpha value is -4.52. The van der Waals surface area contributed by atoms with Crippen molar-refractivity contribution in [1.29, 1.82) is 0 Å². The van der Waals surface area contributed by atoms with Crippen LogP contribution >= 0.6 is 0 Å². The summed E-state index contributed by atoms with van der Waals surface area (Å²) in [4.78, 5) is 27.7. The van der Waals surface area contributed by atoms with Crippen LogP contribution in [0.2, 0.25) is 0 Å². The Labute approximate surface area is 252 Å². The predicted octanol–water partition coefficient (Wildman–Crippen LogP) is 5.23. The molecule has 3 heterocycles. The fraction of sp³-hybridized carbons (Fsp3) is 0.355. The average molecular weight is 611 g/mol. The zero-order valence-corrected chi connectivity index (χ0v) is 24.4. The molecule has 2 aromatic heterocycles. The fourth-order valence-corrected chi connectivity index (χ4v) is 5.60. The maximum Gasteiger partial charge on any atom is 0.419 e. The molecule has 1 fully saturated rings. The van der Waals surface area contributed by atoms with Gasteiger partial charge >= 0.3 is 6.18 Å². The number of primary amides is 1. The molecule has 13 heteroatoms. The molecule has 5 N–H and O–H groups in total. The monoisotopic (exact) mass is 610 g/mol. The number of aromatic nitrogens is 4. The maximum atomic E-state index is 14.0. The number of carbonyl (C=O) groups is 1. The third-order valence-electron chi connectivity index (χ3n) is 7.76. The molecule has 5 rings (SSSR count). The molecule has 0 atom stereocenters. The summed E-state index contributed by atoms with van der Waals surface area (Å²) >= 11 is 0. The van der Waals surface area contributed by atoms with Crippen molar-refractivity contribution < 1.29 is 22.4 Å². The number of nitrogens with two attached hydrogens (primary N) is 2. The average Bonchev–Trinajstić information content (AvgIpc) is 3.40. The summed E-state index contributed by atoms with van der Waals surface area (Å²) in [6.07, 6.45) is -0.355. The highest BCUT2D eigenvalue weighted by atomic mass is 19.4. The molecule has 0 unspecified atom stereocenters. The minimum atomic E-state index is -4.82. The van der Waals surface area contributed by atoms with E-state index in [1.54, 1.807) is 30.5 Å². The maximum absolute atomic E-state index is 14.0. The minimum absolute atomic E-state index is 0.00197. The van der Waals surface area contributed by atoms with E-state index in [4.69, 9.17) is 16.5 Å². The number of nitrogen functional groups attached to an aromatic ring is 1. The zero-order valence-electron chi connectivity index (χ0n) is 24.4. The van der Waals surface area contributed by atoms with Crippen LogP contribution in [0.15, 0.2) is 55.0 Å². The second-order valence-electron chi connectivity index (χ2n) is 11.1. The molecule has 1 amide bonds. The third kappa shape index (κ3) is 6.52. The van der Waals surface area contributed by atoms with Crippen molar-refractivity contribution in [1.82, 2.24) is 24.8 Å². The number of rotatable bonds is 9. The van der Waals surface area contributed by atoms with E-state index in [0.717, 1.165) is 18.0 Å². The van der Waals surface area contributed by atoms with Crippen molar-refractivity contribution in [2.75, 3.05) is 30.3 Å². The first-order chi connectivity index (χ1) is 20.9. The van der Waals surface area contributed by atoms with Gasteiger partial charge in [-0.15, -0.1) is 0 Å². The van der Waals surface area contributed by atoms with Gasteiger partial charge in [0.15, 0.2) is 0 Å². The Morgan fingerprint density at radius 3 is 2.52 bits per heavy atom. The predicted molar refractivity (Wildman–Crippen MR) is 160 cm³/mol. The highest BCUT2D eigenvalue weighted by molar-refractivity contribution is 6.02. The fourth-order valence-electron chi connectivity index (χ4n) is 5.60. The van der Waals surface area contributed by atoms with Gasteiger partial charge in [-0.2, -0.15) is 13.2 Å². The number of amides is 1. The molecule has 1 aliphatic rings. The Balaban J connectivity index is 1.43. The van der Waals surface area contributed by atoms with Crippen molar-refractivity contribution in [3.63, 3.8) is 0 Å². The quantitative estimate of drug-likeness (QED) is 0.222. The van der Waals surface area contributed by atoms with E-state index < -0.39 is 23.5 Å². The van der Waals surface area contributed by atoms with Crippen molar-refractivity contribution in [3.05, 3.63) is 77.8 Å². The van der Waals surface area contributed by atoms with E-state index in [1.165, 1.54) is 12.4 Å². The number of nitrogens with zero attached hydrogens (tertiary/aromatic N) is 5. The summed E-state index contributed by atoms with van der Waals surface area (Å²) < 4.78 is 56.3. The van der Waals surface area contributed by atoms with Crippen LogP contribution in [-0.4, -0.2) is 51.1 Å². The van der Waals surface area contributed by atoms with E-state index in [9.17, 15) is 22.4 Å². The number of benzene rings is 2. The van der Waals surface area contributed by atoms with Gasteiger partial charge in [0, 0.05) is 61.0 Å². The Morgan fingerprint density at radius 2 is 1.84 bits per heavy atom. The third-order valence-corrected chi connectivity index (χ3v) is 7.76. The van der Waals surface area contributed by atoms with Crippen LogP contribution in [0.1, 0.15) is 54.4 Å². The number of carbonyl (C=O) groups excluding carboxylic acids is 1. The van der Waals surface area contributed by atoms with Crippen LogP contribution in [0, 0.1) is 5.82 Å². The summed E-state index contributed by atoms with van der Waals surface area (Å²) in [7, 11) is 0. The smallest absolute Gasteiger partial charge is 0.383 e. The molecular formula is C31H34F4N8O.